The molecule has 0 bridgehead atoms. The molecule has 1 amide bonds. The summed E-state index contributed by atoms with van der Waals surface area (Å²) in [6.45, 7) is 3.08. The highest BCUT2D eigenvalue weighted by atomic mass is 35.5. The number of aromatic nitrogens is 2. The van der Waals surface area contributed by atoms with Gasteiger partial charge >= 0.3 is 6.18 Å². The topological polar surface area (TPSA) is 74.8 Å². The third kappa shape index (κ3) is 4.14. The van der Waals surface area contributed by atoms with Crippen LogP contribution in [0, 0.1) is 6.92 Å². The number of benzene rings is 1. The van der Waals surface area contributed by atoms with E-state index in [-0.39, 0.29) is 16.5 Å². The van der Waals surface area contributed by atoms with E-state index in [2.05, 4.69) is 15.3 Å². The molecule has 2 N–H and O–H groups in total. The molecule has 2 rings (SSSR count). The molecule has 0 saturated carbocycles. The van der Waals surface area contributed by atoms with Crippen LogP contribution in [0.5, 0.6) is 0 Å². The van der Waals surface area contributed by atoms with Gasteiger partial charge in [-0.3, -0.25) is 9.59 Å². The third-order valence-electron chi connectivity index (χ3n) is 3.23. The molecule has 0 spiro atoms. The molecule has 0 radical (unpaired) electrons. The quantitative estimate of drug-likeness (QED) is 0.883. The fourth-order valence-corrected chi connectivity index (χ4v) is 2.44. The van der Waals surface area contributed by atoms with Crippen molar-refractivity contribution in [2.45, 2.75) is 26.1 Å². The van der Waals surface area contributed by atoms with Crippen LogP contribution < -0.4 is 10.9 Å². The third-order valence-corrected chi connectivity index (χ3v) is 3.56. The van der Waals surface area contributed by atoms with Crippen molar-refractivity contribution in [1.29, 1.82) is 0 Å². The zero-order valence-electron chi connectivity index (χ0n) is 12.7. The van der Waals surface area contributed by atoms with Gasteiger partial charge in [-0.1, -0.05) is 17.7 Å². The van der Waals surface area contributed by atoms with Crippen LogP contribution in [0.3, 0.4) is 0 Å². The maximum atomic E-state index is 12.6. The van der Waals surface area contributed by atoms with E-state index in [9.17, 15) is 22.8 Å². The minimum absolute atomic E-state index is 0.0915. The van der Waals surface area contributed by atoms with Crippen molar-refractivity contribution in [3.05, 3.63) is 62.3 Å². The van der Waals surface area contributed by atoms with Crippen molar-refractivity contribution >= 4 is 17.5 Å². The van der Waals surface area contributed by atoms with Gasteiger partial charge in [0, 0.05) is 11.1 Å². The Labute approximate surface area is 139 Å². The van der Waals surface area contributed by atoms with Gasteiger partial charge in [0.05, 0.1) is 11.6 Å². The molecule has 1 atom stereocenters. The van der Waals surface area contributed by atoms with Crippen LogP contribution in [-0.4, -0.2) is 15.9 Å². The van der Waals surface area contributed by atoms with Crippen molar-refractivity contribution in [3.8, 4) is 0 Å². The first-order valence-corrected chi connectivity index (χ1v) is 7.21. The lowest BCUT2D eigenvalue weighted by atomic mass is 10.1. The molecule has 1 aromatic carbocycles. The molecular formula is C15H13ClF3N3O2. The van der Waals surface area contributed by atoms with E-state index in [1.165, 1.54) is 13.0 Å². The van der Waals surface area contributed by atoms with E-state index in [0.717, 1.165) is 18.2 Å². The first-order chi connectivity index (χ1) is 11.1. The summed E-state index contributed by atoms with van der Waals surface area (Å²) in [5, 5.41) is 2.43. The predicted octanol–water partition coefficient (Wildman–Crippen LogP) is 3.24. The van der Waals surface area contributed by atoms with Gasteiger partial charge in [0.2, 0.25) is 0 Å². The number of hydrogen-bond acceptors (Lipinski definition) is 3. The van der Waals surface area contributed by atoms with Gasteiger partial charge in [0.25, 0.3) is 11.5 Å². The number of aromatic amines is 1. The molecule has 1 heterocycles. The number of carbonyl (C=O) groups is 1. The lowest BCUT2D eigenvalue weighted by Crippen LogP contribution is -2.29. The maximum Gasteiger partial charge on any atom is 0.416 e. The van der Waals surface area contributed by atoms with Gasteiger partial charge in [0.1, 0.15) is 11.5 Å². The van der Waals surface area contributed by atoms with Crippen molar-refractivity contribution in [1.82, 2.24) is 15.3 Å². The summed E-state index contributed by atoms with van der Waals surface area (Å²) in [5.74, 6) is -0.361. The summed E-state index contributed by atoms with van der Waals surface area (Å²) in [5.41, 5.74) is -1.12. The van der Waals surface area contributed by atoms with Gasteiger partial charge in [-0.05, 0) is 31.5 Å². The van der Waals surface area contributed by atoms with Crippen LogP contribution in [0.25, 0.3) is 0 Å². The lowest BCUT2D eigenvalue weighted by molar-refractivity contribution is -0.137. The van der Waals surface area contributed by atoms with E-state index < -0.39 is 29.2 Å². The van der Waals surface area contributed by atoms with Crippen LogP contribution in [-0.2, 0) is 6.18 Å². The number of aryl methyl sites for hydroxylation is 1. The number of halogens is 4. The Bertz CT molecular complexity index is 833. The average Bonchev–Trinajstić information content (AvgIpc) is 2.44. The molecular weight excluding hydrogens is 347 g/mol. The highest BCUT2D eigenvalue weighted by Crippen LogP contribution is 2.33. The number of carbonyl (C=O) groups excluding carboxylic acids is 1. The molecule has 1 unspecified atom stereocenters. The van der Waals surface area contributed by atoms with Gasteiger partial charge in [0.15, 0.2) is 0 Å². The lowest BCUT2D eigenvalue weighted by Gasteiger charge is -2.17. The Morgan fingerprint density at radius 2 is 2.00 bits per heavy atom. The fraction of sp³-hybridized carbons (Fsp3) is 0.267. The largest absolute Gasteiger partial charge is 0.416 e. The normalized spacial score (nSPS) is 12.8. The average molecular weight is 360 g/mol. The summed E-state index contributed by atoms with van der Waals surface area (Å²) in [6, 6.07) is 3.25. The highest BCUT2D eigenvalue weighted by molar-refractivity contribution is 6.31. The second kappa shape index (κ2) is 6.64. The SMILES string of the molecule is Cc1nc(C(=O)NC(C)c2ccc(C(F)(F)F)cc2Cl)cc(=O)[nH]1. The van der Waals surface area contributed by atoms with E-state index in [1.54, 1.807) is 6.92 Å². The molecule has 24 heavy (non-hydrogen) atoms. The summed E-state index contributed by atoms with van der Waals surface area (Å²) < 4.78 is 37.9. The Morgan fingerprint density at radius 3 is 2.54 bits per heavy atom. The molecule has 2 aromatic rings. The van der Waals surface area contributed by atoms with Crippen LogP contribution in [0.1, 0.15) is 40.4 Å². The number of amides is 1. The molecule has 1 aromatic heterocycles. The van der Waals surface area contributed by atoms with Gasteiger partial charge in [-0.2, -0.15) is 13.2 Å². The van der Waals surface area contributed by atoms with Crippen LogP contribution in [0.4, 0.5) is 13.2 Å². The van der Waals surface area contributed by atoms with Gasteiger partial charge in [-0.15, -0.1) is 0 Å². The second-order valence-electron chi connectivity index (χ2n) is 5.15. The van der Waals surface area contributed by atoms with Crippen LogP contribution in [0.2, 0.25) is 5.02 Å². The maximum absolute atomic E-state index is 12.6. The zero-order chi connectivity index (χ0) is 18.1. The summed E-state index contributed by atoms with van der Waals surface area (Å²) in [6.07, 6.45) is -4.50. The molecule has 0 aliphatic rings. The first-order valence-electron chi connectivity index (χ1n) is 6.83. The van der Waals surface area contributed by atoms with Gasteiger partial charge in [-0.25, -0.2) is 4.98 Å². The number of nitrogens with one attached hydrogen (secondary N) is 2. The fourth-order valence-electron chi connectivity index (χ4n) is 2.10. The number of rotatable bonds is 3. The molecule has 128 valence electrons. The minimum atomic E-state index is -4.50. The Morgan fingerprint density at radius 1 is 1.33 bits per heavy atom. The monoisotopic (exact) mass is 359 g/mol. The number of alkyl halides is 3. The zero-order valence-corrected chi connectivity index (χ0v) is 13.4. The van der Waals surface area contributed by atoms with Crippen molar-refractivity contribution in [2.75, 3.05) is 0 Å². The predicted molar refractivity (Wildman–Crippen MR) is 81.9 cm³/mol. The van der Waals surface area contributed by atoms with Crippen LogP contribution in [0.15, 0.2) is 29.1 Å². The van der Waals surface area contributed by atoms with E-state index in [0.29, 0.717) is 5.56 Å². The highest BCUT2D eigenvalue weighted by Gasteiger charge is 2.31. The smallest absolute Gasteiger partial charge is 0.344 e. The first kappa shape index (κ1) is 18.0. The van der Waals surface area contributed by atoms with Crippen molar-refractivity contribution in [2.24, 2.45) is 0 Å². The molecule has 0 saturated heterocycles. The summed E-state index contributed by atoms with van der Waals surface area (Å²) >= 11 is 5.89. The number of nitrogens with zero attached hydrogens (tertiary/aromatic N) is 1. The number of hydrogen-bond donors (Lipinski definition) is 2. The molecule has 5 nitrogen and oxygen atoms in total. The van der Waals surface area contributed by atoms with E-state index in [4.69, 9.17) is 11.6 Å². The minimum Gasteiger partial charge on any atom is -0.344 e. The Kier molecular flexibility index (Phi) is 4.98. The van der Waals surface area contributed by atoms with Crippen molar-refractivity contribution < 1.29 is 18.0 Å². The summed E-state index contributed by atoms with van der Waals surface area (Å²) in [7, 11) is 0. The standard InChI is InChI=1S/C15H13ClF3N3O2/c1-7(10-4-3-9(5-11(10)16)15(17,18)19)20-14(24)12-6-13(23)22-8(2)21-12/h3-7H,1-2H3,(H,20,24)(H,21,22,23). The van der Waals surface area contributed by atoms with E-state index >= 15 is 0 Å². The van der Waals surface area contributed by atoms with Gasteiger partial charge < -0.3 is 10.3 Å². The molecule has 0 aliphatic heterocycles. The van der Waals surface area contributed by atoms with Crippen LogP contribution >= 0.6 is 11.6 Å². The number of H-pyrrole nitrogens is 1. The molecule has 0 aliphatic carbocycles. The Hall–Kier alpha value is -2.35. The van der Waals surface area contributed by atoms with Crippen molar-refractivity contribution in [3.63, 3.8) is 0 Å². The summed E-state index contributed by atoms with van der Waals surface area (Å²) in [4.78, 5) is 29.8. The Balaban J connectivity index is 2.22. The molecule has 0 fully saturated rings. The molecule has 9 heteroatoms. The van der Waals surface area contributed by atoms with E-state index in [1.807, 2.05) is 0 Å². The second-order valence-corrected chi connectivity index (χ2v) is 5.55.